The zero-order valence-corrected chi connectivity index (χ0v) is 9.60. The van der Waals surface area contributed by atoms with Gasteiger partial charge in [-0.1, -0.05) is 17.7 Å². The van der Waals surface area contributed by atoms with Crippen LogP contribution >= 0.6 is 11.6 Å². The molecular weight excluding hydrogens is 281 g/mol. The molecule has 102 valence electrons. The van der Waals surface area contributed by atoms with Crippen molar-refractivity contribution in [2.45, 2.75) is 25.3 Å². The Kier molecular flexibility index (Phi) is 4.75. The van der Waals surface area contributed by atoms with E-state index >= 15 is 0 Å². The number of halogens is 6. The van der Waals surface area contributed by atoms with Gasteiger partial charge in [0.25, 0.3) is 0 Å². The number of ether oxygens (including phenoxy) is 1. The maximum Gasteiger partial charge on any atom is 0.573 e. The first-order chi connectivity index (χ1) is 8.19. The highest BCUT2D eigenvalue weighted by atomic mass is 35.5. The van der Waals surface area contributed by atoms with Gasteiger partial charge in [0, 0.05) is 12.5 Å². The minimum Gasteiger partial charge on any atom is -0.404 e. The molecule has 0 saturated heterocycles. The smallest absolute Gasteiger partial charge is 0.404 e. The molecule has 0 aliphatic heterocycles. The average molecular weight is 290 g/mol. The molecule has 1 aromatic carbocycles. The second-order valence-electron chi connectivity index (χ2n) is 3.47. The minimum absolute atomic E-state index is 0.217. The van der Waals surface area contributed by atoms with E-state index in [1.807, 2.05) is 0 Å². The molecule has 8 heteroatoms. The highest BCUT2D eigenvalue weighted by Gasteiger charge is 2.32. The van der Waals surface area contributed by atoms with E-state index in [0.717, 1.165) is 12.1 Å². The molecule has 0 spiro atoms. The lowest BCUT2D eigenvalue weighted by molar-refractivity contribution is -0.274. The van der Waals surface area contributed by atoms with Gasteiger partial charge in [-0.2, -0.15) is 0 Å². The number of hydrogen-bond acceptors (Lipinski definition) is 2. The topological polar surface area (TPSA) is 35.2 Å². The molecule has 0 fully saturated rings. The van der Waals surface area contributed by atoms with Gasteiger partial charge in [-0.15, -0.1) is 13.2 Å². The van der Waals surface area contributed by atoms with Crippen molar-refractivity contribution < 1.29 is 26.7 Å². The van der Waals surface area contributed by atoms with E-state index in [-0.39, 0.29) is 10.6 Å². The van der Waals surface area contributed by atoms with Crippen molar-refractivity contribution in [1.29, 1.82) is 0 Å². The Hall–Kier alpha value is -1.08. The highest BCUT2D eigenvalue weighted by molar-refractivity contribution is 6.32. The molecule has 2 N–H and O–H groups in total. The van der Waals surface area contributed by atoms with Gasteiger partial charge >= 0.3 is 6.36 Å². The van der Waals surface area contributed by atoms with Crippen molar-refractivity contribution >= 4 is 11.6 Å². The standard InChI is InChI=1S/C10H9ClF5NO/c11-6-3-5(7(17)4-9(12)13)1-2-8(6)18-10(14,15)16/h1-3,7,9H,4,17H2/t7-/m1/s1. The molecule has 18 heavy (non-hydrogen) atoms. The summed E-state index contributed by atoms with van der Waals surface area (Å²) in [7, 11) is 0. The van der Waals surface area contributed by atoms with Crippen LogP contribution in [-0.2, 0) is 0 Å². The van der Waals surface area contributed by atoms with Crippen LogP contribution in [0.4, 0.5) is 22.0 Å². The van der Waals surface area contributed by atoms with E-state index in [4.69, 9.17) is 17.3 Å². The normalized spacial score (nSPS) is 13.8. The monoisotopic (exact) mass is 289 g/mol. The summed E-state index contributed by atoms with van der Waals surface area (Å²) in [5.41, 5.74) is 5.66. The van der Waals surface area contributed by atoms with Crippen LogP contribution in [0.1, 0.15) is 18.0 Å². The lowest BCUT2D eigenvalue weighted by Crippen LogP contribution is -2.18. The molecule has 2 nitrogen and oxygen atoms in total. The van der Waals surface area contributed by atoms with Crippen LogP contribution in [0.3, 0.4) is 0 Å². The molecule has 0 radical (unpaired) electrons. The molecule has 1 rings (SSSR count). The largest absolute Gasteiger partial charge is 0.573 e. The first kappa shape index (κ1) is 15.0. The Bertz CT molecular complexity index is 410. The minimum atomic E-state index is -4.86. The average Bonchev–Trinajstić information content (AvgIpc) is 2.18. The van der Waals surface area contributed by atoms with E-state index in [1.165, 1.54) is 6.07 Å². The maximum atomic E-state index is 12.1. The molecule has 0 saturated carbocycles. The summed E-state index contributed by atoms with van der Waals surface area (Å²) in [5.74, 6) is -0.600. The molecule has 0 aromatic heterocycles. The van der Waals surface area contributed by atoms with Crippen molar-refractivity contribution in [3.8, 4) is 5.75 Å². The lowest BCUT2D eigenvalue weighted by atomic mass is 10.0. The van der Waals surface area contributed by atoms with Gasteiger partial charge in [0.2, 0.25) is 6.43 Å². The fraction of sp³-hybridized carbons (Fsp3) is 0.400. The van der Waals surface area contributed by atoms with E-state index < -0.39 is 31.0 Å². The summed E-state index contributed by atoms with van der Waals surface area (Å²) in [6.07, 6.45) is -8.07. The number of nitrogens with two attached hydrogens (primary N) is 1. The quantitative estimate of drug-likeness (QED) is 0.853. The van der Waals surface area contributed by atoms with E-state index in [9.17, 15) is 22.0 Å². The Morgan fingerprint density at radius 3 is 2.33 bits per heavy atom. The van der Waals surface area contributed by atoms with E-state index in [2.05, 4.69) is 4.74 Å². The predicted octanol–water partition coefficient (Wildman–Crippen LogP) is 3.89. The van der Waals surface area contributed by atoms with Crippen LogP contribution in [0.2, 0.25) is 5.02 Å². The van der Waals surface area contributed by atoms with Gasteiger partial charge in [-0.05, 0) is 17.7 Å². The fourth-order valence-corrected chi connectivity index (χ4v) is 1.51. The van der Waals surface area contributed by atoms with Crippen molar-refractivity contribution in [2.24, 2.45) is 5.73 Å². The summed E-state index contributed by atoms with van der Waals surface area (Å²) in [6.45, 7) is 0. The number of benzene rings is 1. The molecule has 0 bridgehead atoms. The van der Waals surface area contributed by atoms with Crippen LogP contribution < -0.4 is 10.5 Å². The predicted molar refractivity (Wildman–Crippen MR) is 55.7 cm³/mol. The van der Waals surface area contributed by atoms with Crippen molar-refractivity contribution in [1.82, 2.24) is 0 Å². The molecule has 0 aliphatic carbocycles. The van der Waals surface area contributed by atoms with Crippen molar-refractivity contribution in [3.05, 3.63) is 28.8 Å². The van der Waals surface area contributed by atoms with Gasteiger partial charge < -0.3 is 10.5 Å². The van der Waals surface area contributed by atoms with Crippen molar-refractivity contribution in [2.75, 3.05) is 0 Å². The molecule has 0 heterocycles. The van der Waals surface area contributed by atoms with Gasteiger partial charge in [-0.3, -0.25) is 0 Å². The molecular formula is C10H9ClF5NO. The van der Waals surface area contributed by atoms with Crippen LogP contribution in [0.25, 0.3) is 0 Å². The third-order valence-corrected chi connectivity index (χ3v) is 2.34. The van der Waals surface area contributed by atoms with Gasteiger partial charge in [-0.25, -0.2) is 8.78 Å². The first-order valence-electron chi connectivity index (χ1n) is 4.78. The summed E-state index contributed by atoms with van der Waals surface area (Å²) >= 11 is 5.55. The molecule has 1 atom stereocenters. The molecule has 0 aliphatic rings. The SMILES string of the molecule is N[C@H](CC(F)F)c1ccc(OC(F)(F)F)c(Cl)c1. The third-order valence-electron chi connectivity index (χ3n) is 2.04. The van der Waals surface area contributed by atoms with E-state index in [1.54, 1.807) is 0 Å². The Morgan fingerprint density at radius 2 is 1.89 bits per heavy atom. The summed E-state index contributed by atoms with van der Waals surface area (Å²) in [6, 6.07) is 2.19. The lowest BCUT2D eigenvalue weighted by Gasteiger charge is -2.14. The Labute approximate surface area is 104 Å². The van der Waals surface area contributed by atoms with Gasteiger partial charge in [0.1, 0.15) is 5.75 Å². The maximum absolute atomic E-state index is 12.1. The number of hydrogen-bond donors (Lipinski definition) is 1. The highest BCUT2D eigenvalue weighted by Crippen LogP contribution is 2.32. The summed E-state index contributed by atoms with van der Waals surface area (Å²) < 4.78 is 63.6. The fourth-order valence-electron chi connectivity index (χ4n) is 1.28. The molecule has 1 aromatic rings. The number of rotatable bonds is 4. The van der Waals surface area contributed by atoms with Gasteiger partial charge in [0.05, 0.1) is 5.02 Å². The zero-order chi connectivity index (χ0) is 13.9. The number of alkyl halides is 5. The summed E-state index contributed by atoms with van der Waals surface area (Å²) in [5, 5.41) is -0.338. The Morgan fingerprint density at radius 1 is 1.28 bits per heavy atom. The van der Waals surface area contributed by atoms with Gasteiger partial charge in [0.15, 0.2) is 0 Å². The second-order valence-corrected chi connectivity index (χ2v) is 3.88. The zero-order valence-electron chi connectivity index (χ0n) is 8.85. The first-order valence-corrected chi connectivity index (χ1v) is 5.16. The van der Waals surface area contributed by atoms with Crippen molar-refractivity contribution in [3.63, 3.8) is 0 Å². The van der Waals surface area contributed by atoms with Crippen LogP contribution in [0.15, 0.2) is 18.2 Å². The van der Waals surface area contributed by atoms with E-state index in [0.29, 0.717) is 0 Å². The second kappa shape index (κ2) is 5.71. The van der Waals surface area contributed by atoms with Crippen LogP contribution in [0.5, 0.6) is 5.75 Å². The van der Waals surface area contributed by atoms with Crippen LogP contribution in [-0.4, -0.2) is 12.8 Å². The van der Waals surface area contributed by atoms with Crippen LogP contribution in [0, 0.1) is 0 Å². The Balaban J connectivity index is 2.85. The molecule has 0 unspecified atom stereocenters. The summed E-state index contributed by atoms with van der Waals surface area (Å²) in [4.78, 5) is 0. The molecule has 0 amide bonds. The third kappa shape index (κ3) is 4.66.